The minimum Gasteiger partial charge on any atom is -0.497 e. The number of halogens is 4. The summed E-state index contributed by atoms with van der Waals surface area (Å²) in [5, 5.41) is 12.8. The molecule has 2 aliphatic heterocycles. The molecule has 48 heavy (non-hydrogen) atoms. The average Bonchev–Trinajstić information content (AvgIpc) is 3.34. The highest BCUT2D eigenvalue weighted by molar-refractivity contribution is 6.04. The number of ether oxygens (including phenoxy) is 3. The van der Waals surface area contributed by atoms with Crippen molar-refractivity contribution in [3.05, 3.63) is 77.0 Å². The summed E-state index contributed by atoms with van der Waals surface area (Å²) in [5.41, 5.74) is -0.561. The van der Waals surface area contributed by atoms with E-state index in [1.165, 1.54) is 43.4 Å². The van der Waals surface area contributed by atoms with Gasteiger partial charge in [-0.3, -0.25) is 14.5 Å². The van der Waals surface area contributed by atoms with Crippen LogP contribution in [-0.2, 0) is 4.79 Å². The van der Waals surface area contributed by atoms with Gasteiger partial charge in [-0.15, -0.1) is 0 Å². The van der Waals surface area contributed by atoms with Gasteiger partial charge in [0.15, 0.2) is 0 Å². The summed E-state index contributed by atoms with van der Waals surface area (Å²) in [6, 6.07) is 8.72. The zero-order chi connectivity index (χ0) is 34.7. The van der Waals surface area contributed by atoms with Gasteiger partial charge in [0.1, 0.15) is 40.7 Å². The number of carbonyl (C=O) groups is 2. The molecule has 0 spiro atoms. The molecule has 2 atom stereocenters. The van der Waals surface area contributed by atoms with E-state index >= 15 is 8.78 Å². The van der Waals surface area contributed by atoms with E-state index < -0.39 is 53.2 Å². The van der Waals surface area contributed by atoms with E-state index in [0.29, 0.717) is 18.0 Å². The third kappa shape index (κ3) is 7.98. The van der Waals surface area contributed by atoms with Crippen molar-refractivity contribution in [2.24, 2.45) is 0 Å². The van der Waals surface area contributed by atoms with Crippen molar-refractivity contribution in [2.45, 2.75) is 56.8 Å². The summed E-state index contributed by atoms with van der Waals surface area (Å²) in [5.74, 6) is -4.13. The van der Waals surface area contributed by atoms with E-state index in [1.54, 1.807) is 26.0 Å². The van der Waals surface area contributed by atoms with E-state index in [0.717, 1.165) is 38.1 Å². The maximum Gasteiger partial charge on any atom is 0.387 e. The Kier molecular flexibility index (Phi) is 10.4. The van der Waals surface area contributed by atoms with Gasteiger partial charge in [-0.1, -0.05) is 0 Å². The maximum absolute atomic E-state index is 15.5. The van der Waals surface area contributed by atoms with Crippen LogP contribution in [0, 0.1) is 11.6 Å². The summed E-state index contributed by atoms with van der Waals surface area (Å²) in [4.78, 5) is 35.6. The molecule has 0 saturated carbocycles. The van der Waals surface area contributed by atoms with Gasteiger partial charge in [-0.25, -0.2) is 13.8 Å². The average molecular weight is 675 g/mol. The van der Waals surface area contributed by atoms with Crippen LogP contribution in [0.25, 0.3) is 0 Å². The number of benzene rings is 2. The number of β-amino-alcohol motifs (C(OH)–C–C–N with tert-alkyl or cyclic N) is 1. The van der Waals surface area contributed by atoms with Crippen LogP contribution < -0.4 is 24.4 Å². The molecule has 0 radical (unpaired) electrons. The van der Waals surface area contributed by atoms with E-state index in [2.05, 4.69) is 15.0 Å². The highest BCUT2D eigenvalue weighted by Gasteiger charge is 2.46. The standard InChI is InChI=1S/C34H38F4N4O6/c1-34(2,45)18-41-11-9-19(10-12-41)27-15-23(47-4)16-28(39-27)42-17-24(29-25(35)13-22(46-3)14-26(29)36)30(32(42)44)40-31(43)20-5-7-21(8-6-20)48-33(37)38/h5-8,13-16,19,24,30,33,45H,9-12,17-18H2,1-4H3,(H,40,43)/t24-,30-/m0/s1. The van der Waals surface area contributed by atoms with Crippen LogP contribution in [0.1, 0.15) is 60.1 Å². The first-order valence-electron chi connectivity index (χ1n) is 15.5. The first kappa shape index (κ1) is 34.9. The van der Waals surface area contributed by atoms with E-state index in [1.807, 2.05) is 0 Å². The second-order valence-electron chi connectivity index (χ2n) is 12.6. The molecule has 2 N–H and O–H groups in total. The minimum absolute atomic E-state index is 0.00927. The van der Waals surface area contributed by atoms with Crippen molar-refractivity contribution in [3.8, 4) is 17.2 Å². The van der Waals surface area contributed by atoms with Gasteiger partial charge < -0.3 is 29.5 Å². The van der Waals surface area contributed by atoms with Crippen molar-refractivity contribution >= 4 is 17.6 Å². The number of aromatic nitrogens is 1. The maximum atomic E-state index is 15.5. The molecule has 2 fully saturated rings. The molecule has 2 aromatic carbocycles. The van der Waals surface area contributed by atoms with E-state index in [9.17, 15) is 23.5 Å². The van der Waals surface area contributed by atoms with Crippen LogP contribution in [0.4, 0.5) is 23.4 Å². The zero-order valence-electron chi connectivity index (χ0n) is 27.0. The molecular weight excluding hydrogens is 636 g/mol. The Hall–Kier alpha value is -4.43. The van der Waals surface area contributed by atoms with Crippen molar-refractivity contribution < 1.29 is 46.5 Å². The third-order valence-electron chi connectivity index (χ3n) is 8.53. The van der Waals surface area contributed by atoms with Crippen molar-refractivity contribution in [2.75, 3.05) is 45.3 Å². The fraction of sp³-hybridized carbons (Fsp3) is 0.441. The Morgan fingerprint density at radius 2 is 1.60 bits per heavy atom. The summed E-state index contributed by atoms with van der Waals surface area (Å²) in [6.07, 6.45) is 1.49. The second-order valence-corrected chi connectivity index (χ2v) is 12.6. The Labute approximate surface area is 275 Å². The highest BCUT2D eigenvalue weighted by atomic mass is 19.3. The van der Waals surface area contributed by atoms with Crippen molar-refractivity contribution in [1.82, 2.24) is 15.2 Å². The lowest BCUT2D eigenvalue weighted by molar-refractivity contribution is -0.118. The van der Waals surface area contributed by atoms with Crippen LogP contribution in [0.15, 0.2) is 48.5 Å². The van der Waals surface area contributed by atoms with E-state index in [4.69, 9.17) is 14.5 Å². The van der Waals surface area contributed by atoms with Crippen LogP contribution in [-0.4, -0.2) is 85.5 Å². The Morgan fingerprint density at radius 1 is 1.00 bits per heavy atom. The molecule has 3 heterocycles. The molecule has 0 unspecified atom stereocenters. The highest BCUT2D eigenvalue weighted by Crippen LogP contribution is 2.38. The molecule has 3 aromatic rings. The number of likely N-dealkylation sites (tertiary alicyclic amines) is 1. The second kappa shape index (κ2) is 14.4. The first-order valence-corrected chi connectivity index (χ1v) is 15.5. The number of aliphatic hydroxyl groups is 1. The normalized spacial score (nSPS) is 19.1. The molecule has 14 heteroatoms. The number of hydrogen-bond acceptors (Lipinski definition) is 8. The zero-order valence-corrected chi connectivity index (χ0v) is 27.0. The molecule has 2 amide bonds. The van der Waals surface area contributed by atoms with Crippen LogP contribution in [0.2, 0.25) is 0 Å². The number of rotatable bonds is 11. The topological polar surface area (TPSA) is 113 Å². The lowest BCUT2D eigenvalue weighted by Gasteiger charge is -2.35. The molecule has 0 aliphatic carbocycles. The number of anilines is 1. The molecule has 2 saturated heterocycles. The fourth-order valence-corrected chi connectivity index (χ4v) is 6.32. The third-order valence-corrected chi connectivity index (χ3v) is 8.53. The molecule has 5 rings (SSSR count). The SMILES string of the molecule is COc1cc(C2CCN(CC(C)(C)O)CC2)nc(N2C[C@@H](c3c(F)cc(OC)cc3F)[C@H](NC(=O)c3ccc(OC(F)F)cc3)C2=O)c1. The van der Waals surface area contributed by atoms with Crippen LogP contribution in [0.3, 0.4) is 0 Å². The monoisotopic (exact) mass is 674 g/mol. The smallest absolute Gasteiger partial charge is 0.387 e. The lowest BCUT2D eigenvalue weighted by atomic mass is 9.92. The molecule has 258 valence electrons. The van der Waals surface area contributed by atoms with Gasteiger partial charge in [0, 0.05) is 66.0 Å². The summed E-state index contributed by atoms with van der Waals surface area (Å²) in [6.45, 7) is 2.22. The van der Waals surface area contributed by atoms with Crippen LogP contribution >= 0.6 is 0 Å². The number of methoxy groups -OCH3 is 2. The molecule has 10 nitrogen and oxygen atoms in total. The van der Waals surface area contributed by atoms with Gasteiger partial charge in [0.2, 0.25) is 0 Å². The Morgan fingerprint density at radius 3 is 2.17 bits per heavy atom. The molecule has 2 aliphatic rings. The number of amides is 2. The van der Waals surface area contributed by atoms with Gasteiger partial charge in [-0.05, 0) is 64.0 Å². The number of pyridine rings is 1. The number of alkyl halides is 2. The molecule has 0 bridgehead atoms. The largest absolute Gasteiger partial charge is 0.497 e. The number of piperidine rings is 1. The van der Waals surface area contributed by atoms with Gasteiger partial charge >= 0.3 is 6.61 Å². The predicted molar refractivity (Wildman–Crippen MR) is 168 cm³/mol. The van der Waals surface area contributed by atoms with Crippen molar-refractivity contribution in [1.29, 1.82) is 0 Å². The number of nitrogens with zero attached hydrogens (tertiary/aromatic N) is 3. The number of hydrogen-bond donors (Lipinski definition) is 2. The van der Waals surface area contributed by atoms with Crippen molar-refractivity contribution in [3.63, 3.8) is 0 Å². The fourth-order valence-electron chi connectivity index (χ4n) is 6.32. The number of carbonyl (C=O) groups excluding carboxylic acids is 2. The molecular formula is C34H38F4N4O6. The Bertz CT molecular complexity index is 1600. The lowest BCUT2D eigenvalue weighted by Crippen LogP contribution is -2.44. The van der Waals surface area contributed by atoms with Gasteiger partial charge in [0.05, 0.1) is 19.8 Å². The Balaban J connectivity index is 1.46. The minimum atomic E-state index is -3.06. The van der Waals surface area contributed by atoms with Gasteiger partial charge in [0.25, 0.3) is 11.8 Å². The molecule has 1 aromatic heterocycles. The number of nitrogens with one attached hydrogen (secondary N) is 1. The summed E-state index contributed by atoms with van der Waals surface area (Å²) in [7, 11) is 2.74. The van der Waals surface area contributed by atoms with E-state index in [-0.39, 0.29) is 35.3 Å². The summed E-state index contributed by atoms with van der Waals surface area (Å²) < 4.78 is 71.0. The predicted octanol–water partition coefficient (Wildman–Crippen LogP) is 4.86. The summed E-state index contributed by atoms with van der Waals surface area (Å²) >= 11 is 0. The van der Waals surface area contributed by atoms with Gasteiger partial charge in [-0.2, -0.15) is 8.78 Å². The van der Waals surface area contributed by atoms with Crippen LogP contribution in [0.5, 0.6) is 17.2 Å². The quantitative estimate of drug-likeness (QED) is 0.278. The first-order chi connectivity index (χ1) is 22.8.